The first-order valence-corrected chi connectivity index (χ1v) is 8.38. The first kappa shape index (κ1) is 14.9. The Morgan fingerprint density at radius 2 is 1.92 bits per heavy atom. The van der Waals surface area contributed by atoms with E-state index in [1.165, 1.54) is 11.1 Å². The van der Waals surface area contributed by atoms with Gasteiger partial charge in [0.15, 0.2) is 5.78 Å². The largest absolute Gasteiger partial charge is 0.373 e. The number of amides is 1. The molecule has 0 fully saturated rings. The second kappa shape index (κ2) is 5.78. The van der Waals surface area contributed by atoms with E-state index in [4.69, 9.17) is 0 Å². The number of anilines is 1. The fourth-order valence-electron chi connectivity index (χ4n) is 3.69. The minimum atomic E-state index is -0.235. The molecule has 4 heteroatoms. The fourth-order valence-corrected chi connectivity index (χ4v) is 3.69. The smallest absolute Gasteiger partial charge is 0.245 e. The Morgan fingerprint density at radius 1 is 1.12 bits per heavy atom. The predicted molar refractivity (Wildman–Crippen MR) is 93.1 cm³/mol. The molecule has 0 radical (unpaired) electrons. The Balaban J connectivity index is 1.56. The summed E-state index contributed by atoms with van der Waals surface area (Å²) in [5.74, 6) is 0.203. The van der Waals surface area contributed by atoms with Crippen molar-refractivity contribution in [3.63, 3.8) is 0 Å². The molecule has 0 aliphatic carbocycles. The third-order valence-corrected chi connectivity index (χ3v) is 5.00. The van der Waals surface area contributed by atoms with Gasteiger partial charge in [-0.05, 0) is 23.6 Å². The van der Waals surface area contributed by atoms with Crippen LogP contribution in [0.25, 0.3) is 0 Å². The van der Waals surface area contributed by atoms with Crippen LogP contribution in [-0.2, 0) is 17.8 Å². The van der Waals surface area contributed by atoms with Crippen LogP contribution in [0.2, 0.25) is 0 Å². The molecule has 4 rings (SSSR count). The maximum absolute atomic E-state index is 13.0. The summed E-state index contributed by atoms with van der Waals surface area (Å²) < 4.78 is 0. The number of rotatable bonds is 1. The zero-order chi connectivity index (χ0) is 16.7. The molecule has 122 valence electrons. The van der Waals surface area contributed by atoms with Crippen molar-refractivity contribution in [1.29, 1.82) is 0 Å². The highest BCUT2D eigenvalue weighted by atomic mass is 16.2. The van der Waals surface area contributed by atoms with Gasteiger partial charge in [0, 0.05) is 37.2 Å². The van der Waals surface area contributed by atoms with Crippen molar-refractivity contribution in [2.75, 3.05) is 11.9 Å². The molecule has 4 nitrogen and oxygen atoms in total. The zero-order valence-corrected chi connectivity index (χ0v) is 13.7. The predicted octanol–water partition coefficient (Wildman–Crippen LogP) is 2.95. The van der Waals surface area contributed by atoms with Crippen LogP contribution >= 0.6 is 0 Å². The van der Waals surface area contributed by atoms with Crippen LogP contribution < -0.4 is 5.32 Å². The van der Waals surface area contributed by atoms with E-state index in [9.17, 15) is 9.59 Å². The Hall–Kier alpha value is -2.62. The topological polar surface area (TPSA) is 49.4 Å². The van der Waals surface area contributed by atoms with E-state index in [2.05, 4.69) is 24.4 Å². The molecule has 2 aromatic rings. The summed E-state index contributed by atoms with van der Waals surface area (Å²) in [6.07, 6.45) is 1.10. The van der Waals surface area contributed by atoms with Crippen molar-refractivity contribution in [3.05, 3.63) is 64.7 Å². The molecule has 0 saturated heterocycles. The maximum Gasteiger partial charge on any atom is 0.245 e. The Morgan fingerprint density at radius 3 is 2.75 bits per heavy atom. The normalized spacial score (nSPS) is 19.3. The molecule has 2 aliphatic rings. The lowest BCUT2D eigenvalue weighted by Crippen LogP contribution is -2.42. The van der Waals surface area contributed by atoms with Crippen LogP contribution in [0, 0.1) is 6.92 Å². The summed E-state index contributed by atoms with van der Waals surface area (Å²) in [4.78, 5) is 27.1. The second-order valence-electron chi connectivity index (χ2n) is 6.60. The number of benzene rings is 2. The average molecular weight is 320 g/mol. The monoisotopic (exact) mass is 320 g/mol. The van der Waals surface area contributed by atoms with Crippen LogP contribution in [0.3, 0.4) is 0 Å². The lowest BCUT2D eigenvalue weighted by atomic mass is 10.0. The zero-order valence-electron chi connectivity index (χ0n) is 13.7. The van der Waals surface area contributed by atoms with Crippen LogP contribution in [0.15, 0.2) is 42.5 Å². The van der Waals surface area contributed by atoms with Crippen molar-refractivity contribution < 1.29 is 9.59 Å². The quantitative estimate of drug-likeness (QED) is 0.879. The van der Waals surface area contributed by atoms with Gasteiger partial charge in [-0.15, -0.1) is 0 Å². The van der Waals surface area contributed by atoms with Gasteiger partial charge in [0.25, 0.3) is 0 Å². The molecule has 1 amide bonds. The van der Waals surface area contributed by atoms with Crippen molar-refractivity contribution >= 4 is 17.4 Å². The van der Waals surface area contributed by atoms with Crippen molar-refractivity contribution in [1.82, 2.24) is 4.90 Å². The number of hydrogen-bond donors (Lipinski definition) is 1. The van der Waals surface area contributed by atoms with Gasteiger partial charge >= 0.3 is 0 Å². The highest BCUT2D eigenvalue weighted by Crippen LogP contribution is 2.30. The second-order valence-corrected chi connectivity index (χ2v) is 6.60. The van der Waals surface area contributed by atoms with E-state index in [1.54, 1.807) is 0 Å². The molecule has 0 spiro atoms. The molecule has 0 aromatic heterocycles. The van der Waals surface area contributed by atoms with Crippen molar-refractivity contribution in [2.45, 2.75) is 32.4 Å². The van der Waals surface area contributed by atoms with Crippen LogP contribution in [0.4, 0.5) is 5.69 Å². The summed E-state index contributed by atoms with van der Waals surface area (Å²) in [6, 6.07) is 13.5. The van der Waals surface area contributed by atoms with Gasteiger partial charge in [0.1, 0.15) is 6.04 Å². The van der Waals surface area contributed by atoms with Gasteiger partial charge < -0.3 is 10.2 Å². The van der Waals surface area contributed by atoms with Gasteiger partial charge in [-0.3, -0.25) is 9.59 Å². The van der Waals surface area contributed by atoms with Gasteiger partial charge in [-0.25, -0.2) is 0 Å². The maximum atomic E-state index is 13.0. The minimum absolute atomic E-state index is 0.0788. The molecule has 2 heterocycles. The highest BCUT2D eigenvalue weighted by Gasteiger charge is 2.32. The Bertz CT molecular complexity index is 828. The SMILES string of the molecule is Cc1cccc2c1NC(C(=O)N1CCC(=O)c3ccccc3C1)C2. The molecule has 1 atom stereocenters. The summed E-state index contributed by atoms with van der Waals surface area (Å²) in [7, 11) is 0. The lowest BCUT2D eigenvalue weighted by Gasteiger charge is -2.24. The number of Topliss-reactive ketones (excluding diaryl/α,β-unsaturated/α-hetero) is 1. The van der Waals surface area contributed by atoms with E-state index in [-0.39, 0.29) is 17.7 Å². The van der Waals surface area contributed by atoms with E-state index < -0.39 is 0 Å². The van der Waals surface area contributed by atoms with Crippen LogP contribution in [0.5, 0.6) is 0 Å². The molecule has 2 aliphatic heterocycles. The van der Waals surface area contributed by atoms with E-state index in [0.29, 0.717) is 25.9 Å². The fraction of sp³-hybridized carbons (Fsp3) is 0.300. The van der Waals surface area contributed by atoms with E-state index in [1.807, 2.05) is 35.2 Å². The molecule has 0 saturated carbocycles. The van der Waals surface area contributed by atoms with E-state index in [0.717, 1.165) is 16.8 Å². The Labute approximate surface area is 141 Å². The van der Waals surface area contributed by atoms with Crippen LogP contribution in [-0.4, -0.2) is 29.2 Å². The first-order valence-electron chi connectivity index (χ1n) is 8.38. The Kier molecular flexibility index (Phi) is 3.60. The molecule has 0 bridgehead atoms. The number of fused-ring (bicyclic) bond motifs is 2. The summed E-state index contributed by atoms with van der Waals surface area (Å²) in [6.45, 7) is 3.05. The highest BCUT2D eigenvalue weighted by molar-refractivity contribution is 5.98. The van der Waals surface area contributed by atoms with Gasteiger partial charge in [-0.2, -0.15) is 0 Å². The van der Waals surface area contributed by atoms with Gasteiger partial charge in [-0.1, -0.05) is 42.5 Å². The number of carbonyl (C=O) groups excluding carboxylic acids is 2. The first-order chi connectivity index (χ1) is 11.6. The van der Waals surface area contributed by atoms with Crippen molar-refractivity contribution in [2.24, 2.45) is 0 Å². The summed E-state index contributed by atoms with van der Waals surface area (Å²) in [5.41, 5.74) is 5.15. The number of nitrogens with zero attached hydrogens (tertiary/aromatic N) is 1. The van der Waals surface area contributed by atoms with Gasteiger partial charge in [0.2, 0.25) is 5.91 Å². The summed E-state index contributed by atoms with van der Waals surface area (Å²) >= 11 is 0. The number of nitrogens with one attached hydrogen (secondary N) is 1. The lowest BCUT2D eigenvalue weighted by molar-refractivity contribution is -0.132. The van der Waals surface area contributed by atoms with Crippen molar-refractivity contribution in [3.8, 4) is 0 Å². The minimum Gasteiger partial charge on any atom is -0.373 e. The third kappa shape index (κ3) is 2.48. The number of aryl methyl sites for hydroxylation is 1. The van der Waals surface area contributed by atoms with E-state index >= 15 is 0 Å². The molecule has 1 N–H and O–H groups in total. The van der Waals surface area contributed by atoms with Gasteiger partial charge in [0.05, 0.1) is 0 Å². The number of carbonyl (C=O) groups is 2. The number of para-hydroxylation sites is 1. The standard InChI is InChI=1S/C20H20N2O2/c1-13-5-4-7-14-11-17(21-19(13)14)20(24)22-10-9-18(23)16-8-3-2-6-15(16)12-22/h2-8,17,21H,9-12H2,1H3. The molecule has 1 unspecified atom stereocenters. The number of hydrogen-bond acceptors (Lipinski definition) is 3. The van der Waals surface area contributed by atoms with Crippen LogP contribution in [0.1, 0.15) is 33.5 Å². The average Bonchev–Trinajstić information content (AvgIpc) is 2.96. The molecule has 24 heavy (non-hydrogen) atoms. The molecular weight excluding hydrogens is 300 g/mol. The summed E-state index contributed by atoms with van der Waals surface area (Å²) in [5, 5.41) is 3.38. The third-order valence-electron chi connectivity index (χ3n) is 5.00. The molecule has 2 aromatic carbocycles. The number of ketones is 1. The molecular formula is C20H20N2O2.